The maximum Gasteiger partial charge on any atom is 0.138 e. The van der Waals surface area contributed by atoms with Gasteiger partial charge in [0.05, 0.1) is 5.69 Å². The molecule has 1 aromatic carbocycles. The molecule has 20 heavy (non-hydrogen) atoms. The third-order valence-corrected chi connectivity index (χ3v) is 4.23. The van der Waals surface area contributed by atoms with E-state index in [9.17, 15) is 0 Å². The van der Waals surface area contributed by atoms with Crippen LogP contribution in [0.25, 0.3) is 0 Å². The molecule has 0 saturated heterocycles. The molecule has 0 aliphatic heterocycles. The summed E-state index contributed by atoms with van der Waals surface area (Å²) in [7, 11) is 0. The summed E-state index contributed by atoms with van der Waals surface area (Å²) in [4.78, 5) is 0. The first-order valence-corrected chi connectivity index (χ1v) is 7.11. The highest BCUT2D eigenvalue weighted by Gasteiger charge is 2.30. The molecule has 3 atom stereocenters. The van der Waals surface area contributed by atoms with Gasteiger partial charge in [0.15, 0.2) is 0 Å². The molecule has 0 radical (unpaired) electrons. The normalized spacial score (nSPS) is 22.8. The number of hydrogen-bond donors (Lipinski definition) is 2. The molecule has 1 aliphatic carbocycles. The van der Waals surface area contributed by atoms with E-state index in [4.69, 9.17) is 10.3 Å². The van der Waals surface area contributed by atoms with Gasteiger partial charge in [-0.2, -0.15) is 0 Å². The summed E-state index contributed by atoms with van der Waals surface area (Å²) in [5.74, 6) is 0.887. The van der Waals surface area contributed by atoms with E-state index in [1.807, 2.05) is 13.8 Å². The number of nitrogens with one attached hydrogen (secondary N) is 1. The number of nitrogens with two attached hydrogens (primary N) is 1. The van der Waals surface area contributed by atoms with Crippen LogP contribution in [0.1, 0.15) is 59.6 Å². The van der Waals surface area contributed by atoms with Crippen molar-refractivity contribution >= 4 is 0 Å². The number of rotatable bonds is 3. The monoisotopic (exact) mass is 271 g/mol. The van der Waals surface area contributed by atoms with Crippen molar-refractivity contribution in [2.24, 2.45) is 5.73 Å². The maximum absolute atomic E-state index is 6.22. The van der Waals surface area contributed by atoms with E-state index in [1.54, 1.807) is 0 Å². The highest BCUT2D eigenvalue weighted by Crippen LogP contribution is 2.38. The van der Waals surface area contributed by atoms with Crippen molar-refractivity contribution in [1.29, 1.82) is 0 Å². The van der Waals surface area contributed by atoms with E-state index in [0.717, 1.165) is 23.4 Å². The Labute approximate surface area is 119 Å². The van der Waals surface area contributed by atoms with Crippen LogP contribution in [-0.2, 0) is 0 Å². The van der Waals surface area contributed by atoms with Crippen LogP contribution in [0.3, 0.4) is 0 Å². The zero-order valence-electron chi connectivity index (χ0n) is 12.2. The molecule has 106 valence electrons. The molecular weight excluding hydrogens is 250 g/mol. The van der Waals surface area contributed by atoms with E-state index < -0.39 is 0 Å². The molecule has 3 N–H and O–H groups in total. The Hall–Kier alpha value is -1.65. The van der Waals surface area contributed by atoms with Crippen molar-refractivity contribution in [3.05, 3.63) is 52.4 Å². The number of aromatic nitrogens is 1. The molecule has 1 heterocycles. The third-order valence-electron chi connectivity index (χ3n) is 4.23. The topological polar surface area (TPSA) is 64.1 Å². The van der Waals surface area contributed by atoms with Crippen LogP contribution in [0.4, 0.5) is 0 Å². The minimum absolute atomic E-state index is 0.126. The van der Waals surface area contributed by atoms with Gasteiger partial charge in [-0.1, -0.05) is 29.4 Å². The summed E-state index contributed by atoms with van der Waals surface area (Å²) in [5.41, 5.74) is 10.9. The van der Waals surface area contributed by atoms with Gasteiger partial charge in [-0.05, 0) is 38.3 Å². The molecule has 3 rings (SSSR count). The Kier molecular flexibility index (Phi) is 3.36. The van der Waals surface area contributed by atoms with Crippen molar-refractivity contribution in [2.75, 3.05) is 0 Å². The van der Waals surface area contributed by atoms with Gasteiger partial charge in [0.25, 0.3) is 0 Å². The largest absolute Gasteiger partial charge is 0.361 e. The zero-order valence-corrected chi connectivity index (χ0v) is 12.2. The van der Waals surface area contributed by atoms with Gasteiger partial charge in [0.2, 0.25) is 0 Å². The molecule has 0 saturated carbocycles. The van der Waals surface area contributed by atoms with Gasteiger partial charge < -0.3 is 15.6 Å². The van der Waals surface area contributed by atoms with Gasteiger partial charge >= 0.3 is 0 Å². The number of benzene rings is 1. The molecule has 1 aliphatic rings. The van der Waals surface area contributed by atoms with Gasteiger partial charge in [-0.3, -0.25) is 0 Å². The Bertz CT molecular complexity index is 600. The lowest BCUT2D eigenvalue weighted by Gasteiger charge is -2.20. The minimum Gasteiger partial charge on any atom is -0.361 e. The van der Waals surface area contributed by atoms with Crippen LogP contribution in [-0.4, -0.2) is 5.16 Å². The zero-order chi connectivity index (χ0) is 14.3. The smallest absolute Gasteiger partial charge is 0.138 e. The van der Waals surface area contributed by atoms with Crippen molar-refractivity contribution < 1.29 is 4.52 Å². The van der Waals surface area contributed by atoms with Crippen LogP contribution in [0, 0.1) is 13.8 Å². The van der Waals surface area contributed by atoms with Crippen molar-refractivity contribution in [1.82, 2.24) is 10.5 Å². The van der Waals surface area contributed by atoms with Gasteiger partial charge in [-0.15, -0.1) is 0 Å². The maximum atomic E-state index is 6.22. The van der Waals surface area contributed by atoms with Gasteiger partial charge in [-0.25, -0.2) is 0 Å². The molecule has 4 nitrogen and oxygen atoms in total. The molecule has 0 bridgehead atoms. The molecule has 4 heteroatoms. The molecule has 0 amide bonds. The summed E-state index contributed by atoms with van der Waals surface area (Å²) in [5, 5.41) is 7.70. The predicted molar refractivity (Wildman–Crippen MR) is 78.3 cm³/mol. The average Bonchev–Trinajstić information content (AvgIpc) is 2.92. The van der Waals surface area contributed by atoms with E-state index in [-0.39, 0.29) is 12.1 Å². The summed E-state index contributed by atoms with van der Waals surface area (Å²) in [6.45, 7) is 6.10. The van der Waals surface area contributed by atoms with Crippen LogP contribution < -0.4 is 11.1 Å². The Morgan fingerprint density at radius 2 is 2.00 bits per heavy atom. The SMILES string of the molecule is Cc1noc(C)c1C(C)NC1CC(N)c2ccccc21. The van der Waals surface area contributed by atoms with Crippen LogP contribution >= 0.6 is 0 Å². The number of fused-ring (bicyclic) bond motifs is 1. The first kappa shape index (κ1) is 13.3. The van der Waals surface area contributed by atoms with Crippen LogP contribution in [0.2, 0.25) is 0 Å². The Morgan fingerprint density at radius 3 is 2.65 bits per heavy atom. The second-order valence-electron chi connectivity index (χ2n) is 5.65. The van der Waals surface area contributed by atoms with E-state index in [1.165, 1.54) is 11.1 Å². The lowest BCUT2D eigenvalue weighted by atomic mass is 10.0. The standard InChI is InChI=1S/C16H21N3O/c1-9(16-10(2)19-20-11(16)3)18-15-8-14(17)12-6-4-5-7-13(12)15/h4-7,9,14-15,18H,8,17H2,1-3H3. The van der Waals surface area contributed by atoms with E-state index in [2.05, 4.69) is 41.7 Å². The molecule has 2 aromatic rings. The second kappa shape index (κ2) is 5.04. The average molecular weight is 271 g/mol. The van der Waals surface area contributed by atoms with Crippen LogP contribution in [0.15, 0.2) is 28.8 Å². The Morgan fingerprint density at radius 1 is 1.30 bits per heavy atom. The highest BCUT2D eigenvalue weighted by molar-refractivity contribution is 5.38. The fraction of sp³-hybridized carbons (Fsp3) is 0.438. The van der Waals surface area contributed by atoms with Crippen LogP contribution in [0.5, 0.6) is 0 Å². The second-order valence-corrected chi connectivity index (χ2v) is 5.65. The minimum atomic E-state index is 0.126. The van der Waals surface area contributed by atoms with Crippen molar-refractivity contribution in [3.8, 4) is 0 Å². The first-order valence-electron chi connectivity index (χ1n) is 7.11. The number of hydrogen-bond acceptors (Lipinski definition) is 4. The fourth-order valence-corrected chi connectivity index (χ4v) is 3.32. The lowest BCUT2D eigenvalue weighted by Crippen LogP contribution is -2.24. The van der Waals surface area contributed by atoms with Crippen molar-refractivity contribution in [2.45, 2.75) is 45.3 Å². The van der Waals surface area contributed by atoms with Gasteiger partial charge in [0, 0.05) is 23.7 Å². The first-order chi connectivity index (χ1) is 9.58. The highest BCUT2D eigenvalue weighted by atomic mass is 16.5. The summed E-state index contributed by atoms with van der Waals surface area (Å²) < 4.78 is 5.26. The molecule has 0 spiro atoms. The molecular formula is C16H21N3O. The molecule has 1 aromatic heterocycles. The van der Waals surface area contributed by atoms with E-state index in [0.29, 0.717) is 6.04 Å². The Balaban J connectivity index is 1.83. The predicted octanol–water partition coefficient (Wildman–Crippen LogP) is 3.09. The summed E-state index contributed by atoms with van der Waals surface area (Å²) in [6, 6.07) is 9.04. The molecule has 3 unspecified atom stereocenters. The number of nitrogens with zero attached hydrogens (tertiary/aromatic N) is 1. The lowest BCUT2D eigenvalue weighted by molar-refractivity contribution is 0.388. The molecule has 0 fully saturated rings. The number of aryl methyl sites for hydroxylation is 2. The fourth-order valence-electron chi connectivity index (χ4n) is 3.32. The summed E-state index contributed by atoms with van der Waals surface area (Å²) >= 11 is 0. The van der Waals surface area contributed by atoms with E-state index >= 15 is 0 Å². The quantitative estimate of drug-likeness (QED) is 0.900. The van der Waals surface area contributed by atoms with Gasteiger partial charge in [0.1, 0.15) is 5.76 Å². The van der Waals surface area contributed by atoms with Crippen molar-refractivity contribution in [3.63, 3.8) is 0 Å². The third kappa shape index (κ3) is 2.15. The summed E-state index contributed by atoms with van der Waals surface area (Å²) in [6.07, 6.45) is 0.938.